The van der Waals surface area contributed by atoms with Crippen LogP contribution in [-0.2, 0) is 0 Å². The number of fused-ring (bicyclic) bond motifs is 3. The van der Waals surface area contributed by atoms with Gasteiger partial charge in [0.1, 0.15) is 5.88 Å². The van der Waals surface area contributed by atoms with Gasteiger partial charge in [0, 0.05) is 4.90 Å². The van der Waals surface area contributed by atoms with Gasteiger partial charge in [-0.05, 0) is 37.3 Å². The first kappa shape index (κ1) is 13.3. The summed E-state index contributed by atoms with van der Waals surface area (Å²) in [5.74, 6) is 2.36. The van der Waals surface area contributed by atoms with E-state index < -0.39 is 0 Å². The van der Waals surface area contributed by atoms with Crippen LogP contribution in [0.25, 0.3) is 0 Å². The van der Waals surface area contributed by atoms with Crippen LogP contribution >= 0.6 is 11.8 Å². The maximum Gasteiger partial charge on any atom is 0.130 e. The first-order valence-corrected chi connectivity index (χ1v) is 7.38. The van der Waals surface area contributed by atoms with Gasteiger partial charge in [-0.3, -0.25) is 0 Å². The van der Waals surface area contributed by atoms with E-state index in [1.807, 2.05) is 11.8 Å². The molecule has 3 fully saturated rings. The summed E-state index contributed by atoms with van der Waals surface area (Å²) in [6.07, 6.45) is 4.44. The lowest BCUT2D eigenvalue weighted by atomic mass is 9.86. The highest BCUT2D eigenvalue weighted by atomic mass is 35.5. The van der Waals surface area contributed by atoms with Gasteiger partial charge in [-0.2, -0.15) is 0 Å². The fourth-order valence-electron chi connectivity index (χ4n) is 3.06. The van der Waals surface area contributed by atoms with Crippen LogP contribution < -0.4 is 12.4 Å². The molecule has 1 nitrogen and oxygen atoms in total. The van der Waals surface area contributed by atoms with Crippen LogP contribution in [0.1, 0.15) is 19.3 Å². The van der Waals surface area contributed by atoms with E-state index in [1.165, 1.54) is 54.2 Å². The standard InChI is InChI=1S/C14H20NS.ClH/c1-2-4-14(5-3-1)16-12-15-9-6-13(7-10-15)8-11-15;/h1-5,13H,6-12H2;1H/q+1;/p-1. The Morgan fingerprint density at radius 2 is 1.59 bits per heavy atom. The van der Waals surface area contributed by atoms with Crippen molar-refractivity contribution in [2.75, 3.05) is 25.5 Å². The summed E-state index contributed by atoms with van der Waals surface area (Å²) in [4.78, 5) is 1.43. The number of rotatable bonds is 3. The quantitative estimate of drug-likeness (QED) is 0.565. The van der Waals surface area contributed by atoms with E-state index in [2.05, 4.69) is 30.3 Å². The van der Waals surface area contributed by atoms with Crippen molar-refractivity contribution in [1.29, 1.82) is 0 Å². The third-order valence-electron chi connectivity index (χ3n) is 4.28. The van der Waals surface area contributed by atoms with Crippen molar-refractivity contribution >= 4 is 11.8 Å². The Morgan fingerprint density at radius 1 is 1.00 bits per heavy atom. The van der Waals surface area contributed by atoms with Crippen molar-refractivity contribution in [1.82, 2.24) is 0 Å². The van der Waals surface area contributed by atoms with Crippen LogP contribution in [0.2, 0.25) is 0 Å². The normalized spacial score (nSPS) is 30.9. The maximum absolute atomic E-state index is 2.24. The summed E-state index contributed by atoms with van der Waals surface area (Å²) in [5.41, 5.74) is 0. The lowest BCUT2D eigenvalue weighted by Gasteiger charge is -2.48. The molecule has 0 saturated carbocycles. The number of nitrogens with zero attached hydrogens (tertiary/aromatic N) is 1. The average Bonchev–Trinajstić information content (AvgIpc) is 2.40. The van der Waals surface area contributed by atoms with Gasteiger partial charge in [0.25, 0.3) is 0 Å². The minimum atomic E-state index is 0. The molecule has 3 heterocycles. The molecule has 0 unspecified atom stereocenters. The number of thioether (sulfide) groups is 1. The largest absolute Gasteiger partial charge is 1.00 e. The second-order valence-electron chi connectivity index (χ2n) is 5.33. The summed E-state index contributed by atoms with van der Waals surface area (Å²) in [6, 6.07) is 10.9. The highest BCUT2D eigenvalue weighted by Gasteiger charge is 2.39. The number of halogens is 1. The number of hydrogen-bond donors (Lipinski definition) is 0. The number of hydrogen-bond acceptors (Lipinski definition) is 1. The van der Waals surface area contributed by atoms with Crippen molar-refractivity contribution in [2.24, 2.45) is 5.92 Å². The molecule has 94 valence electrons. The summed E-state index contributed by atoms with van der Waals surface area (Å²) < 4.78 is 1.38. The van der Waals surface area contributed by atoms with Crippen molar-refractivity contribution < 1.29 is 16.9 Å². The molecular weight excluding hydrogens is 250 g/mol. The minimum Gasteiger partial charge on any atom is -1.00 e. The summed E-state index contributed by atoms with van der Waals surface area (Å²) >= 11 is 2.05. The van der Waals surface area contributed by atoms with E-state index >= 15 is 0 Å². The van der Waals surface area contributed by atoms with Crippen LogP contribution in [0.15, 0.2) is 35.2 Å². The van der Waals surface area contributed by atoms with Gasteiger partial charge in [-0.15, -0.1) is 0 Å². The van der Waals surface area contributed by atoms with Crippen molar-refractivity contribution in [3.05, 3.63) is 30.3 Å². The molecule has 3 aliphatic rings. The molecule has 0 amide bonds. The second-order valence-corrected chi connectivity index (χ2v) is 6.35. The molecular formula is C14H20ClNS. The van der Waals surface area contributed by atoms with Gasteiger partial charge in [0.2, 0.25) is 0 Å². The molecule has 3 saturated heterocycles. The molecule has 17 heavy (non-hydrogen) atoms. The molecule has 1 aromatic rings. The molecule has 0 aromatic heterocycles. The predicted octanol–water partition coefficient (Wildman–Crippen LogP) is 0.371. The molecule has 4 rings (SSSR count). The topological polar surface area (TPSA) is 0 Å². The minimum absolute atomic E-state index is 0. The lowest BCUT2D eigenvalue weighted by molar-refractivity contribution is -0.931. The van der Waals surface area contributed by atoms with E-state index in [0.29, 0.717) is 0 Å². The summed E-state index contributed by atoms with van der Waals surface area (Å²) in [7, 11) is 0. The molecule has 0 atom stereocenters. The Kier molecular flexibility index (Phi) is 4.40. The van der Waals surface area contributed by atoms with E-state index in [0.717, 1.165) is 5.92 Å². The van der Waals surface area contributed by atoms with Gasteiger partial charge in [0.15, 0.2) is 0 Å². The van der Waals surface area contributed by atoms with Crippen LogP contribution in [0, 0.1) is 5.92 Å². The molecule has 3 heteroatoms. The Balaban J connectivity index is 0.00000108. The van der Waals surface area contributed by atoms with E-state index in [9.17, 15) is 0 Å². The third kappa shape index (κ3) is 2.98. The van der Waals surface area contributed by atoms with Crippen molar-refractivity contribution in [3.63, 3.8) is 0 Å². The van der Waals surface area contributed by atoms with E-state index in [-0.39, 0.29) is 12.4 Å². The first-order valence-electron chi connectivity index (χ1n) is 6.39. The van der Waals surface area contributed by atoms with Gasteiger partial charge in [-0.25, -0.2) is 0 Å². The van der Waals surface area contributed by atoms with E-state index in [4.69, 9.17) is 0 Å². The first-order chi connectivity index (χ1) is 7.86. The number of piperidine rings is 3. The maximum atomic E-state index is 2.24. The number of benzene rings is 1. The molecule has 0 N–H and O–H groups in total. The fraction of sp³-hybridized carbons (Fsp3) is 0.571. The monoisotopic (exact) mass is 269 g/mol. The molecule has 0 spiro atoms. The lowest BCUT2D eigenvalue weighted by Crippen LogP contribution is -3.00. The molecule has 1 aromatic carbocycles. The zero-order valence-corrected chi connectivity index (χ0v) is 11.7. The molecule has 3 aliphatic heterocycles. The fourth-order valence-corrected chi connectivity index (χ4v) is 4.22. The Labute approximate surface area is 115 Å². The molecule has 0 aliphatic carbocycles. The van der Waals surface area contributed by atoms with Gasteiger partial charge < -0.3 is 16.9 Å². The highest BCUT2D eigenvalue weighted by Crippen LogP contribution is 2.36. The Hall–Kier alpha value is -0.180. The van der Waals surface area contributed by atoms with Gasteiger partial charge in [-0.1, -0.05) is 30.0 Å². The van der Waals surface area contributed by atoms with Gasteiger partial charge >= 0.3 is 0 Å². The van der Waals surface area contributed by atoms with Crippen molar-refractivity contribution in [3.8, 4) is 0 Å². The van der Waals surface area contributed by atoms with E-state index in [1.54, 1.807) is 0 Å². The summed E-state index contributed by atoms with van der Waals surface area (Å²) in [6.45, 7) is 4.31. The van der Waals surface area contributed by atoms with Crippen LogP contribution in [-0.4, -0.2) is 30.0 Å². The van der Waals surface area contributed by atoms with Crippen molar-refractivity contribution in [2.45, 2.75) is 24.2 Å². The number of quaternary nitrogens is 1. The molecule has 2 bridgehead atoms. The van der Waals surface area contributed by atoms with Gasteiger partial charge in [0.05, 0.1) is 19.6 Å². The van der Waals surface area contributed by atoms with Crippen LogP contribution in [0.3, 0.4) is 0 Å². The predicted molar refractivity (Wildman–Crippen MR) is 69.4 cm³/mol. The molecule has 0 radical (unpaired) electrons. The second kappa shape index (κ2) is 5.64. The zero-order chi connectivity index (χ0) is 10.8. The van der Waals surface area contributed by atoms with Crippen LogP contribution in [0.5, 0.6) is 0 Å². The third-order valence-corrected chi connectivity index (χ3v) is 5.57. The highest BCUT2D eigenvalue weighted by molar-refractivity contribution is 7.99. The van der Waals surface area contributed by atoms with Crippen LogP contribution in [0.4, 0.5) is 0 Å². The smallest absolute Gasteiger partial charge is 0.130 e. The Morgan fingerprint density at radius 3 is 2.18 bits per heavy atom. The average molecular weight is 270 g/mol. The Bertz CT molecular complexity index is 333. The SMILES string of the molecule is [Cl-].c1ccc(SC[N+]23CCC(CC2)CC3)cc1. The summed E-state index contributed by atoms with van der Waals surface area (Å²) in [5, 5.41) is 0. The zero-order valence-electron chi connectivity index (χ0n) is 10.1.